The van der Waals surface area contributed by atoms with Gasteiger partial charge in [0.2, 0.25) is 0 Å². The largest absolute Gasteiger partial charge is 0.497 e. The van der Waals surface area contributed by atoms with Crippen molar-refractivity contribution in [2.75, 3.05) is 14.2 Å². The summed E-state index contributed by atoms with van der Waals surface area (Å²) in [6.07, 6.45) is 17.6. The fraction of sp³-hybridized carbons (Fsp3) is 0.545. The predicted octanol–water partition coefficient (Wildman–Crippen LogP) is 11.3. The third kappa shape index (κ3) is 13.9. The van der Waals surface area contributed by atoms with Crippen LogP contribution >= 0.6 is 0 Å². The van der Waals surface area contributed by atoms with Crippen LogP contribution in [-0.4, -0.2) is 38.6 Å². The van der Waals surface area contributed by atoms with Gasteiger partial charge in [-0.3, -0.25) is 0 Å². The molecule has 6 nitrogen and oxygen atoms in total. The number of unbranched alkanes of at least 4 members (excludes halogenated alkanes) is 9. The molecule has 4 rings (SSSR count). The highest BCUT2D eigenvalue weighted by atomic mass is 16.7. The van der Waals surface area contributed by atoms with Gasteiger partial charge in [0.05, 0.1) is 51.8 Å². The number of hydrogen-bond donors (Lipinski definition) is 0. The summed E-state index contributed by atoms with van der Waals surface area (Å²) in [6, 6.07) is 26.5. The first-order valence-corrected chi connectivity index (χ1v) is 19.1. The van der Waals surface area contributed by atoms with Gasteiger partial charge in [-0.15, -0.1) is 6.58 Å². The number of methoxy groups -OCH3 is 2. The van der Waals surface area contributed by atoms with Crippen molar-refractivity contribution in [3.8, 4) is 11.5 Å². The average molecular weight is 687 g/mol. The molecule has 3 aromatic carbocycles. The summed E-state index contributed by atoms with van der Waals surface area (Å²) in [5.41, 5.74) is 3.27. The predicted molar refractivity (Wildman–Crippen MR) is 203 cm³/mol. The monoisotopic (exact) mass is 686 g/mol. The maximum Gasteiger partial charge on any atom is 0.184 e. The molecule has 274 valence electrons. The lowest BCUT2D eigenvalue weighted by molar-refractivity contribution is -0.0993. The van der Waals surface area contributed by atoms with Crippen molar-refractivity contribution in [1.82, 2.24) is 0 Å². The number of rotatable bonds is 26. The topological polar surface area (TPSA) is 55.4 Å². The van der Waals surface area contributed by atoms with Crippen molar-refractivity contribution in [2.24, 2.45) is 0 Å². The Morgan fingerprint density at radius 3 is 1.64 bits per heavy atom. The Kier molecular flexibility index (Phi) is 18.5. The van der Waals surface area contributed by atoms with E-state index in [1.807, 2.05) is 48.5 Å². The van der Waals surface area contributed by atoms with Gasteiger partial charge < -0.3 is 28.4 Å². The van der Waals surface area contributed by atoms with Gasteiger partial charge in [-0.05, 0) is 61.1 Å². The standard InChI is InChI=1S/C44H62O6/c1-5-7-8-9-10-11-12-13-14-18-22-40(47-33-35-23-27-38(45-3)28-24-35)41(48-34-36-25-29-39(46-4)30-26-36)31-32-43-42(19-6-2)49-44(50-43)37-20-16-15-17-21-37/h6,15-17,20-21,23-30,40-44H,2,5,7-14,18-19,22,31-34H2,1,3-4H3/t40-,41-,42-,43-,44-/m1/s1. The fourth-order valence-corrected chi connectivity index (χ4v) is 6.68. The van der Waals surface area contributed by atoms with Crippen molar-refractivity contribution in [1.29, 1.82) is 0 Å². The second kappa shape index (κ2) is 23.3. The van der Waals surface area contributed by atoms with E-state index in [0.29, 0.717) is 13.2 Å². The quantitative estimate of drug-likeness (QED) is 0.0619. The molecular formula is C44H62O6. The molecule has 0 spiro atoms. The first-order chi connectivity index (χ1) is 24.6. The Hall–Kier alpha value is -3.16. The van der Waals surface area contributed by atoms with E-state index in [1.165, 1.54) is 57.8 Å². The minimum atomic E-state index is -0.376. The summed E-state index contributed by atoms with van der Waals surface area (Å²) in [6.45, 7) is 7.30. The van der Waals surface area contributed by atoms with E-state index in [1.54, 1.807) is 14.2 Å². The highest BCUT2D eigenvalue weighted by Crippen LogP contribution is 2.36. The second-order valence-electron chi connectivity index (χ2n) is 13.6. The Balaban J connectivity index is 1.44. The van der Waals surface area contributed by atoms with Crippen molar-refractivity contribution in [3.05, 3.63) is 108 Å². The lowest BCUT2D eigenvalue weighted by Crippen LogP contribution is -2.34. The number of hydrogen-bond acceptors (Lipinski definition) is 6. The van der Waals surface area contributed by atoms with Gasteiger partial charge in [0.15, 0.2) is 6.29 Å². The molecule has 1 aliphatic rings. The van der Waals surface area contributed by atoms with Crippen molar-refractivity contribution >= 4 is 0 Å². The van der Waals surface area contributed by atoms with Crippen LogP contribution in [0.4, 0.5) is 0 Å². The molecule has 3 aromatic rings. The van der Waals surface area contributed by atoms with Crippen molar-refractivity contribution in [2.45, 2.75) is 141 Å². The zero-order chi connectivity index (χ0) is 35.2. The maximum atomic E-state index is 6.80. The molecule has 0 bridgehead atoms. The summed E-state index contributed by atoms with van der Waals surface area (Å²) in [5.74, 6) is 1.68. The van der Waals surface area contributed by atoms with Crippen molar-refractivity contribution < 1.29 is 28.4 Å². The zero-order valence-corrected chi connectivity index (χ0v) is 30.9. The van der Waals surface area contributed by atoms with Gasteiger partial charge in [-0.25, -0.2) is 0 Å². The molecule has 1 fully saturated rings. The molecule has 0 unspecified atom stereocenters. The highest BCUT2D eigenvalue weighted by Gasteiger charge is 2.37. The molecule has 0 aliphatic carbocycles. The maximum absolute atomic E-state index is 6.80. The SMILES string of the molecule is C=CC[C@H]1O[C@@H](c2ccccc2)O[C@@H]1CC[C@@H](OCc1ccc(OC)cc1)[C@@H](CCCCCCCCCCCC)OCc1ccc(OC)cc1. The van der Waals surface area contributed by atoms with Gasteiger partial charge in [0, 0.05) is 5.56 Å². The molecule has 0 radical (unpaired) electrons. The Morgan fingerprint density at radius 1 is 0.620 bits per heavy atom. The van der Waals surface area contributed by atoms with Crippen LogP contribution in [0.1, 0.15) is 120 Å². The molecule has 1 heterocycles. The van der Waals surface area contributed by atoms with E-state index < -0.39 is 0 Å². The molecule has 1 aliphatic heterocycles. The van der Waals surface area contributed by atoms with Gasteiger partial charge >= 0.3 is 0 Å². The van der Waals surface area contributed by atoms with Crippen LogP contribution in [0.5, 0.6) is 11.5 Å². The van der Waals surface area contributed by atoms with E-state index >= 15 is 0 Å². The zero-order valence-electron chi connectivity index (χ0n) is 30.9. The van der Waals surface area contributed by atoms with E-state index in [2.05, 4.69) is 49.9 Å². The number of benzene rings is 3. The molecule has 50 heavy (non-hydrogen) atoms. The number of ether oxygens (including phenoxy) is 6. The van der Waals surface area contributed by atoms with Crippen LogP contribution in [0, 0.1) is 0 Å². The first-order valence-electron chi connectivity index (χ1n) is 19.1. The highest BCUT2D eigenvalue weighted by molar-refractivity contribution is 5.27. The van der Waals surface area contributed by atoms with E-state index in [-0.39, 0.29) is 30.7 Å². The molecule has 0 amide bonds. The van der Waals surface area contributed by atoms with E-state index in [4.69, 9.17) is 28.4 Å². The first kappa shape index (κ1) is 39.6. The van der Waals surface area contributed by atoms with Gasteiger partial charge in [0.25, 0.3) is 0 Å². The summed E-state index contributed by atoms with van der Waals surface area (Å²) >= 11 is 0. The van der Waals surface area contributed by atoms with Crippen LogP contribution < -0.4 is 9.47 Å². The van der Waals surface area contributed by atoms with Gasteiger partial charge in [-0.1, -0.05) is 132 Å². The molecular weight excluding hydrogens is 624 g/mol. The minimum absolute atomic E-state index is 0.0550. The Bertz CT molecular complexity index is 1290. The fourth-order valence-electron chi connectivity index (χ4n) is 6.68. The van der Waals surface area contributed by atoms with Gasteiger partial charge in [-0.2, -0.15) is 0 Å². The minimum Gasteiger partial charge on any atom is -0.497 e. The molecule has 0 saturated carbocycles. The molecule has 1 saturated heterocycles. The van der Waals surface area contributed by atoms with Crippen LogP contribution in [0.3, 0.4) is 0 Å². The summed E-state index contributed by atoms with van der Waals surface area (Å²) in [5, 5.41) is 0. The van der Waals surface area contributed by atoms with Crippen LogP contribution in [-0.2, 0) is 32.2 Å². The summed E-state index contributed by atoms with van der Waals surface area (Å²) in [4.78, 5) is 0. The van der Waals surface area contributed by atoms with E-state index in [9.17, 15) is 0 Å². The van der Waals surface area contributed by atoms with Crippen LogP contribution in [0.25, 0.3) is 0 Å². The molecule has 0 N–H and O–H groups in total. The smallest absolute Gasteiger partial charge is 0.184 e. The summed E-state index contributed by atoms with van der Waals surface area (Å²) in [7, 11) is 3.39. The third-order valence-corrected chi connectivity index (χ3v) is 9.72. The second-order valence-corrected chi connectivity index (χ2v) is 13.6. The summed E-state index contributed by atoms with van der Waals surface area (Å²) < 4.78 is 37.3. The Labute approximate surface area is 302 Å². The molecule has 5 atom stereocenters. The normalized spacial score (nSPS) is 18.5. The van der Waals surface area contributed by atoms with E-state index in [0.717, 1.165) is 60.3 Å². The lowest BCUT2D eigenvalue weighted by atomic mass is 9.97. The third-order valence-electron chi connectivity index (χ3n) is 9.72. The van der Waals surface area contributed by atoms with Crippen LogP contribution in [0.2, 0.25) is 0 Å². The van der Waals surface area contributed by atoms with Gasteiger partial charge in [0.1, 0.15) is 11.5 Å². The van der Waals surface area contributed by atoms with Crippen LogP contribution in [0.15, 0.2) is 91.5 Å². The molecule has 6 heteroatoms. The van der Waals surface area contributed by atoms with Crippen molar-refractivity contribution in [3.63, 3.8) is 0 Å². The molecule has 0 aromatic heterocycles. The average Bonchev–Trinajstić information content (AvgIpc) is 3.57. The Morgan fingerprint density at radius 2 is 1.12 bits per heavy atom. The lowest BCUT2D eigenvalue weighted by Gasteiger charge is -2.29.